The molecule has 14 heavy (non-hydrogen) atoms. The van der Waals surface area contributed by atoms with Gasteiger partial charge in [-0.3, -0.25) is 4.79 Å². The van der Waals surface area contributed by atoms with Crippen molar-refractivity contribution >= 4 is 5.91 Å². The second kappa shape index (κ2) is 4.25. The topological polar surface area (TPSA) is 70.0 Å². The maximum absolute atomic E-state index is 11.1. The maximum Gasteiger partial charge on any atom is 0.219 e. The van der Waals surface area contributed by atoms with Gasteiger partial charge in [0.1, 0.15) is 6.10 Å². The maximum atomic E-state index is 11.1. The van der Waals surface area contributed by atoms with Crippen molar-refractivity contribution in [2.45, 2.75) is 44.8 Å². The Morgan fingerprint density at radius 2 is 2.07 bits per heavy atom. The SMILES string of the molecule is CC(=O)N(C)[C@H]1C[C@@H](C)OC(O)[C@@H]1O. The molecular weight excluding hydrogens is 186 g/mol. The second-order valence-electron chi connectivity index (χ2n) is 3.76. The molecule has 0 saturated carbocycles. The van der Waals surface area contributed by atoms with Gasteiger partial charge in [-0.15, -0.1) is 0 Å². The zero-order chi connectivity index (χ0) is 10.9. The van der Waals surface area contributed by atoms with E-state index in [9.17, 15) is 15.0 Å². The van der Waals surface area contributed by atoms with Gasteiger partial charge in [0.15, 0.2) is 6.29 Å². The normalized spacial score (nSPS) is 38.1. The molecule has 0 radical (unpaired) electrons. The summed E-state index contributed by atoms with van der Waals surface area (Å²) in [6.45, 7) is 3.23. The lowest BCUT2D eigenvalue weighted by Crippen LogP contribution is -2.55. The molecule has 1 heterocycles. The van der Waals surface area contributed by atoms with Crippen LogP contribution < -0.4 is 0 Å². The number of hydrogen-bond donors (Lipinski definition) is 2. The van der Waals surface area contributed by atoms with Crippen LogP contribution in [0, 0.1) is 0 Å². The van der Waals surface area contributed by atoms with Crippen LogP contribution in [0.5, 0.6) is 0 Å². The van der Waals surface area contributed by atoms with Crippen LogP contribution in [0.2, 0.25) is 0 Å². The number of aliphatic hydroxyl groups is 2. The number of nitrogens with zero attached hydrogens (tertiary/aromatic N) is 1. The molecule has 0 bridgehead atoms. The Morgan fingerprint density at radius 1 is 1.50 bits per heavy atom. The Hall–Kier alpha value is -0.650. The van der Waals surface area contributed by atoms with E-state index in [-0.39, 0.29) is 18.1 Å². The Labute approximate surface area is 83.3 Å². The van der Waals surface area contributed by atoms with E-state index >= 15 is 0 Å². The highest BCUT2D eigenvalue weighted by molar-refractivity contribution is 5.73. The summed E-state index contributed by atoms with van der Waals surface area (Å²) in [5.41, 5.74) is 0. The molecule has 4 atom stereocenters. The Morgan fingerprint density at radius 3 is 2.57 bits per heavy atom. The fraction of sp³-hybridized carbons (Fsp3) is 0.889. The van der Waals surface area contributed by atoms with Crippen LogP contribution >= 0.6 is 0 Å². The third-order valence-electron chi connectivity index (χ3n) is 2.63. The van der Waals surface area contributed by atoms with E-state index in [1.807, 2.05) is 0 Å². The zero-order valence-electron chi connectivity index (χ0n) is 8.67. The minimum Gasteiger partial charge on any atom is -0.386 e. The van der Waals surface area contributed by atoms with E-state index in [0.29, 0.717) is 6.42 Å². The van der Waals surface area contributed by atoms with Crippen molar-refractivity contribution in [3.05, 3.63) is 0 Å². The van der Waals surface area contributed by atoms with Crippen LogP contribution in [0.1, 0.15) is 20.3 Å². The third kappa shape index (κ3) is 2.23. The largest absolute Gasteiger partial charge is 0.386 e. The van der Waals surface area contributed by atoms with Crippen molar-refractivity contribution in [2.75, 3.05) is 7.05 Å². The molecule has 0 aromatic heterocycles. The van der Waals surface area contributed by atoms with Crippen molar-refractivity contribution in [1.82, 2.24) is 4.90 Å². The summed E-state index contributed by atoms with van der Waals surface area (Å²) in [4.78, 5) is 12.5. The lowest BCUT2D eigenvalue weighted by molar-refractivity contribution is -0.230. The van der Waals surface area contributed by atoms with Crippen LogP contribution in [0.4, 0.5) is 0 Å². The number of carbonyl (C=O) groups is 1. The molecule has 1 saturated heterocycles. The van der Waals surface area contributed by atoms with Crippen molar-refractivity contribution < 1.29 is 19.7 Å². The van der Waals surface area contributed by atoms with Crippen LogP contribution in [-0.4, -0.2) is 52.6 Å². The smallest absolute Gasteiger partial charge is 0.219 e. The average molecular weight is 203 g/mol. The van der Waals surface area contributed by atoms with E-state index in [1.165, 1.54) is 11.8 Å². The lowest BCUT2D eigenvalue weighted by atomic mass is 9.99. The molecular formula is C9H17NO4. The number of rotatable bonds is 1. The lowest BCUT2D eigenvalue weighted by Gasteiger charge is -2.39. The van der Waals surface area contributed by atoms with Crippen molar-refractivity contribution in [3.8, 4) is 0 Å². The molecule has 0 aliphatic carbocycles. The third-order valence-corrected chi connectivity index (χ3v) is 2.63. The van der Waals surface area contributed by atoms with Gasteiger partial charge in [-0.2, -0.15) is 0 Å². The predicted octanol–water partition coefficient (Wildman–Crippen LogP) is -0.679. The van der Waals surface area contributed by atoms with Gasteiger partial charge in [-0.25, -0.2) is 0 Å². The first-order chi connectivity index (χ1) is 6.43. The molecule has 0 aromatic carbocycles. The van der Waals surface area contributed by atoms with E-state index in [4.69, 9.17) is 4.74 Å². The Balaban J connectivity index is 2.70. The minimum absolute atomic E-state index is 0.129. The Bertz CT molecular complexity index is 221. The minimum atomic E-state index is -1.20. The summed E-state index contributed by atoms with van der Waals surface area (Å²) in [6, 6.07) is -0.369. The van der Waals surface area contributed by atoms with Crippen LogP contribution in [0.15, 0.2) is 0 Å². The first-order valence-corrected chi connectivity index (χ1v) is 4.68. The molecule has 2 N–H and O–H groups in total. The summed E-state index contributed by atoms with van der Waals surface area (Å²) < 4.78 is 5.03. The first kappa shape index (κ1) is 11.4. The highest BCUT2D eigenvalue weighted by Gasteiger charge is 2.37. The number of hydrogen-bond acceptors (Lipinski definition) is 4. The average Bonchev–Trinajstić information content (AvgIpc) is 2.09. The molecule has 1 amide bonds. The number of amides is 1. The molecule has 0 spiro atoms. The quantitative estimate of drug-likeness (QED) is 0.592. The van der Waals surface area contributed by atoms with Crippen LogP contribution in [0.25, 0.3) is 0 Å². The van der Waals surface area contributed by atoms with Gasteiger partial charge in [0.25, 0.3) is 0 Å². The molecule has 5 nitrogen and oxygen atoms in total. The summed E-state index contributed by atoms with van der Waals surface area (Å²) in [6.07, 6.45) is -1.85. The van der Waals surface area contributed by atoms with Crippen molar-refractivity contribution in [3.63, 3.8) is 0 Å². The predicted molar refractivity (Wildman–Crippen MR) is 49.4 cm³/mol. The van der Waals surface area contributed by atoms with E-state index < -0.39 is 12.4 Å². The summed E-state index contributed by atoms with van der Waals surface area (Å²) in [5, 5.41) is 18.9. The number of carbonyl (C=O) groups excluding carboxylic acids is 1. The van der Waals surface area contributed by atoms with Gasteiger partial charge >= 0.3 is 0 Å². The van der Waals surface area contributed by atoms with E-state index in [1.54, 1.807) is 14.0 Å². The Kier molecular flexibility index (Phi) is 3.47. The molecule has 1 unspecified atom stereocenters. The monoisotopic (exact) mass is 203 g/mol. The van der Waals surface area contributed by atoms with Gasteiger partial charge in [-0.1, -0.05) is 0 Å². The van der Waals surface area contributed by atoms with Gasteiger partial charge < -0.3 is 19.8 Å². The van der Waals surface area contributed by atoms with Crippen LogP contribution in [0.3, 0.4) is 0 Å². The fourth-order valence-electron chi connectivity index (χ4n) is 1.66. The van der Waals surface area contributed by atoms with Gasteiger partial charge in [0.2, 0.25) is 5.91 Å². The summed E-state index contributed by atoms with van der Waals surface area (Å²) >= 11 is 0. The van der Waals surface area contributed by atoms with Gasteiger partial charge in [0.05, 0.1) is 12.1 Å². The molecule has 5 heteroatoms. The van der Waals surface area contributed by atoms with Crippen molar-refractivity contribution in [2.24, 2.45) is 0 Å². The van der Waals surface area contributed by atoms with Crippen molar-refractivity contribution in [1.29, 1.82) is 0 Å². The molecule has 82 valence electrons. The molecule has 0 aromatic rings. The standard InChI is InChI=1S/C9H17NO4/c1-5-4-7(10(3)6(2)11)8(12)9(13)14-5/h5,7-9,12-13H,4H2,1-3H3/t5-,7+,8-,9?/m1/s1. The number of likely N-dealkylation sites (N-methyl/N-ethyl adjacent to an activating group) is 1. The van der Waals surface area contributed by atoms with Gasteiger partial charge in [0, 0.05) is 14.0 Å². The molecule has 1 fully saturated rings. The first-order valence-electron chi connectivity index (χ1n) is 4.68. The highest BCUT2D eigenvalue weighted by Crippen LogP contribution is 2.22. The van der Waals surface area contributed by atoms with Crippen LogP contribution in [-0.2, 0) is 9.53 Å². The summed E-state index contributed by atoms with van der Waals surface area (Å²) in [7, 11) is 1.61. The number of aliphatic hydroxyl groups excluding tert-OH is 2. The molecule has 1 aliphatic rings. The molecule has 1 aliphatic heterocycles. The fourth-order valence-corrected chi connectivity index (χ4v) is 1.66. The zero-order valence-corrected chi connectivity index (χ0v) is 8.67. The summed E-state index contributed by atoms with van der Waals surface area (Å²) in [5.74, 6) is -0.129. The van der Waals surface area contributed by atoms with E-state index in [2.05, 4.69) is 0 Å². The second-order valence-corrected chi connectivity index (χ2v) is 3.76. The highest BCUT2D eigenvalue weighted by atomic mass is 16.6. The number of ether oxygens (including phenoxy) is 1. The molecule has 1 rings (SSSR count). The van der Waals surface area contributed by atoms with Gasteiger partial charge in [-0.05, 0) is 13.3 Å². The van der Waals surface area contributed by atoms with E-state index in [0.717, 1.165) is 0 Å².